The second kappa shape index (κ2) is 11.3. The van der Waals surface area contributed by atoms with Crippen molar-refractivity contribution in [1.29, 1.82) is 0 Å². The minimum absolute atomic E-state index is 0.101. The van der Waals surface area contributed by atoms with Crippen LogP contribution >= 0.6 is 0 Å². The molecule has 0 heterocycles. The minimum atomic E-state index is -1.05. The molecule has 0 rings (SSSR count). The Hall–Kier alpha value is -1.16. The van der Waals surface area contributed by atoms with Gasteiger partial charge in [0.25, 0.3) is 0 Å². The van der Waals surface area contributed by atoms with Crippen molar-refractivity contribution in [2.75, 3.05) is 13.7 Å². The van der Waals surface area contributed by atoms with E-state index in [-0.39, 0.29) is 11.5 Å². The van der Waals surface area contributed by atoms with Crippen LogP contribution in [0.15, 0.2) is 5.57 Å². The van der Waals surface area contributed by atoms with Crippen LogP contribution in [0.3, 0.4) is 0 Å². The van der Waals surface area contributed by atoms with Crippen molar-refractivity contribution in [3.8, 4) is 0 Å². The smallest absolute Gasteiger partial charge is 0.325 e. The van der Waals surface area contributed by atoms with Crippen molar-refractivity contribution in [1.82, 2.24) is 5.32 Å². The van der Waals surface area contributed by atoms with E-state index in [1.807, 2.05) is 0 Å². The van der Waals surface area contributed by atoms with Gasteiger partial charge in [0.2, 0.25) is 0 Å². The molecule has 5 nitrogen and oxygen atoms in total. The molecular formula is C12H23NO4. The Kier molecular flexibility index (Phi) is 12.1. The highest BCUT2D eigenvalue weighted by Crippen LogP contribution is 2.10. The quantitative estimate of drug-likeness (QED) is 0.604. The van der Waals surface area contributed by atoms with Gasteiger partial charge in [-0.25, -0.2) is 4.79 Å². The van der Waals surface area contributed by atoms with Crippen molar-refractivity contribution in [2.24, 2.45) is 5.92 Å². The molecule has 0 spiro atoms. The molecule has 17 heavy (non-hydrogen) atoms. The molecule has 0 aromatic heterocycles. The summed E-state index contributed by atoms with van der Waals surface area (Å²) in [6.07, 6.45) is 2.04. The van der Waals surface area contributed by atoms with Gasteiger partial charge in [0.1, 0.15) is 12.0 Å². The first-order valence-electron chi connectivity index (χ1n) is 5.71. The second-order valence-electron chi connectivity index (χ2n) is 3.85. The van der Waals surface area contributed by atoms with Crippen LogP contribution in [0.1, 0.15) is 33.6 Å². The van der Waals surface area contributed by atoms with Crippen molar-refractivity contribution >= 4 is 11.9 Å². The molecule has 0 aliphatic heterocycles. The van der Waals surface area contributed by atoms with Gasteiger partial charge in [-0.1, -0.05) is 27.2 Å². The molecule has 0 bridgehead atoms. The highest BCUT2D eigenvalue weighted by atomic mass is 16.4. The zero-order valence-corrected chi connectivity index (χ0v) is 11.0. The van der Waals surface area contributed by atoms with E-state index < -0.39 is 12.0 Å². The number of carbonyl (C=O) groups excluding carboxylic acids is 1. The third kappa shape index (κ3) is 8.63. The van der Waals surface area contributed by atoms with E-state index in [1.165, 1.54) is 7.05 Å². The van der Waals surface area contributed by atoms with Gasteiger partial charge < -0.3 is 15.5 Å². The zero-order chi connectivity index (χ0) is 13.8. The van der Waals surface area contributed by atoms with Gasteiger partial charge >= 0.3 is 5.97 Å². The Labute approximate surface area is 103 Å². The fourth-order valence-corrected chi connectivity index (χ4v) is 1.08. The lowest BCUT2D eigenvalue weighted by Gasteiger charge is -2.14. The van der Waals surface area contributed by atoms with Gasteiger partial charge in [0, 0.05) is 12.2 Å². The largest absolute Gasteiger partial charge is 0.480 e. The molecule has 1 atom stereocenters. The zero-order valence-electron chi connectivity index (χ0n) is 11.0. The number of carboxylic acid groups (broad SMARTS) is 1. The first-order chi connectivity index (χ1) is 7.95. The Morgan fingerprint density at radius 2 is 1.94 bits per heavy atom. The molecule has 0 amide bonds. The summed E-state index contributed by atoms with van der Waals surface area (Å²) in [6.45, 7) is 5.91. The van der Waals surface area contributed by atoms with E-state index in [0.29, 0.717) is 6.61 Å². The normalized spacial score (nSPS) is 11.2. The van der Waals surface area contributed by atoms with Crippen LogP contribution in [0.2, 0.25) is 0 Å². The maximum Gasteiger partial charge on any atom is 0.325 e. The average molecular weight is 245 g/mol. The fourth-order valence-electron chi connectivity index (χ4n) is 1.08. The van der Waals surface area contributed by atoms with E-state index >= 15 is 0 Å². The third-order valence-corrected chi connectivity index (χ3v) is 2.10. The number of hydrogen-bond donors (Lipinski definition) is 3. The lowest BCUT2D eigenvalue weighted by atomic mass is 9.97. The van der Waals surface area contributed by atoms with E-state index in [9.17, 15) is 9.59 Å². The molecule has 5 heteroatoms. The lowest BCUT2D eigenvalue weighted by molar-refractivity contribution is -0.138. The van der Waals surface area contributed by atoms with Crippen molar-refractivity contribution in [3.63, 3.8) is 0 Å². The molecule has 0 aliphatic rings. The number of rotatable bonds is 6. The Morgan fingerprint density at radius 3 is 2.00 bits per heavy atom. The summed E-state index contributed by atoms with van der Waals surface area (Å²) in [6, 6.07) is -0.914. The number of aliphatic hydroxyl groups excluding tert-OH is 1. The van der Waals surface area contributed by atoms with E-state index in [4.69, 9.17) is 10.2 Å². The van der Waals surface area contributed by atoms with Crippen LogP contribution in [-0.2, 0) is 9.59 Å². The van der Waals surface area contributed by atoms with Gasteiger partial charge in [-0.3, -0.25) is 4.79 Å². The van der Waals surface area contributed by atoms with Crippen LogP contribution in [0.5, 0.6) is 0 Å². The third-order valence-electron chi connectivity index (χ3n) is 2.10. The summed E-state index contributed by atoms with van der Waals surface area (Å²) >= 11 is 0. The SMILES string of the molecule is CCCCO.CNC(C(=O)O)C(=C=O)C(C)C. The summed E-state index contributed by atoms with van der Waals surface area (Å²) in [5.74, 6) is 0.505. The summed E-state index contributed by atoms with van der Waals surface area (Å²) in [7, 11) is 1.50. The topological polar surface area (TPSA) is 86.6 Å². The number of carbonyl (C=O) groups is 1. The van der Waals surface area contributed by atoms with Crippen LogP contribution in [-0.4, -0.2) is 41.8 Å². The van der Waals surface area contributed by atoms with Gasteiger partial charge in [-0.2, -0.15) is 0 Å². The predicted molar refractivity (Wildman–Crippen MR) is 66.5 cm³/mol. The number of aliphatic carboxylic acids is 1. The molecule has 0 saturated carbocycles. The first-order valence-corrected chi connectivity index (χ1v) is 5.71. The summed E-state index contributed by atoms with van der Waals surface area (Å²) in [4.78, 5) is 21.0. The van der Waals surface area contributed by atoms with Crippen LogP contribution in [0, 0.1) is 5.92 Å². The number of likely N-dealkylation sites (N-methyl/N-ethyl adjacent to an activating group) is 1. The van der Waals surface area contributed by atoms with Gasteiger partial charge in [0.05, 0.1) is 0 Å². The molecular weight excluding hydrogens is 222 g/mol. The highest BCUT2D eigenvalue weighted by Gasteiger charge is 2.23. The molecule has 0 fully saturated rings. The standard InChI is InChI=1S/C8H13NO3.C4H10O/c1-5(2)6(4-10)7(9-3)8(11)12;1-2-3-4-5/h5,7,9H,1-3H3,(H,11,12);5H,2-4H2,1H3. The van der Waals surface area contributed by atoms with Crippen LogP contribution in [0.25, 0.3) is 0 Å². The first kappa shape index (κ1) is 18.2. The number of aliphatic hydroxyl groups is 1. The monoisotopic (exact) mass is 245 g/mol. The average Bonchev–Trinajstić information content (AvgIpc) is 2.26. The molecule has 3 N–H and O–H groups in total. The van der Waals surface area contributed by atoms with Gasteiger partial charge in [0.15, 0.2) is 0 Å². The molecule has 100 valence electrons. The molecule has 0 aliphatic carbocycles. The van der Waals surface area contributed by atoms with Gasteiger partial charge in [-0.15, -0.1) is 0 Å². The van der Waals surface area contributed by atoms with Gasteiger partial charge in [-0.05, 0) is 19.4 Å². The summed E-state index contributed by atoms with van der Waals surface area (Å²) in [5.41, 5.74) is 0.241. The molecule has 0 saturated heterocycles. The molecule has 0 radical (unpaired) electrons. The van der Waals surface area contributed by atoms with E-state index in [0.717, 1.165) is 12.8 Å². The Morgan fingerprint density at radius 1 is 1.41 bits per heavy atom. The molecule has 0 aromatic rings. The lowest BCUT2D eigenvalue weighted by Crippen LogP contribution is -2.37. The maximum atomic E-state index is 10.6. The number of nitrogens with one attached hydrogen (secondary N) is 1. The number of carboxylic acids is 1. The Bertz CT molecular complexity index is 255. The highest BCUT2D eigenvalue weighted by molar-refractivity contribution is 5.81. The second-order valence-corrected chi connectivity index (χ2v) is 3.85. The molecule has 0 aromatic carbocycles. The van der Waals surface area contributed by atoms with Crippen molar-refractivity contribution in [2.45, 2.75) is 39.7 Å². The van der Waals surface area contributed by atoms with Crippen molar-refractivity contribution < 1.29 is 19.8 Å². The number of hydrogen-bond acceptors (Lipinski definition) is 4. The fraction of sp³-hybridized carbons (Fsp3) is 0.750. The predicted octanol–water partition coefficient (Wildman–Crippen LogP) is 0.852. The maximum absolute atomic E-state index is 10.6. The van der Waals surface area contributed by atoms with E-state index in [1.54, 1.807) is 19.8 Å². The van der Waals surface area contributed by atoms with Crippen LogP contribution < -0.4 is 5.32 Å². The molecule has 1 unspecified atom stereocenters. The van der Waals surface area contributed by atoms with E-state index in [2.05, 4.69) is 12.2 Å². The Balaban J connectivity index is 0. The summed E-state index contributed by atoms with van der Waals surface area (Å²) in [5, 5.41) is 19.3. The minimum Gasteiger partial charge on any atom is -0.480 e. The summed E-state index contributed by atoms with van der Waals surface area (Å²) < 4.78 is 0. The van der Waals surface area contributed by atoms with Crippen molar-refractivity contribution in [3.05, 3.63) is 5.57 Å². The number of unbranched alkanes of at least 4 members (excludes halogenated alkanes) is 1. The van der Waals surface area contributed by atoms with Crippen LogP contribution in [0.4, 0.5) is 0 Å².